The van der Waals surface area contributed by atoms with Crippen LogP contribution in [0.4, 0.5) is 0 Å². The van der Waals surface area contributed by atoms with Crippen LogP contribution in [0.3, 0.4) is 0 Å². The second-order valence-corrected chi connectivity index (χ2v) is 5.92. The van der Waals surface area contributed by atoms with Crippen molar-refractivity contribution in [2.75, 3.05) is 6.54 Å². The quantitative estimate of drug-likeness (QED) is 0.840. The number of nitrogens with one attached hydrogen (secondary N) is 1. The largest absolute Gasteiger partial charge is 0.384 e. The van der Waals surface area contributed by atoms with Crippen molar-refractivity contribution in [3.8, 4) is 0 Å². The van der Waals surface area contributed by atoms with Crippen LogP contribution in [0.5, 0.6) is 0 Å². The van der Waals surface area contributed by atoms with Crippen molar-refractivity contribution < 1.29 is 9.32 Å². The van der Waals surface area contributed by atoms with E-state index in [2.05, 4.69) is 10.6 Å². The van der Waals surface area contributed by atoms with E-state index in [4.69, 9.17) is 10.3 Å². The molecule has 0 unspecified atom stereocenters. The van der Waals surface area contributed by atoms with Gasteiger partial charge in [0, 0.05) is 16.7 Å². The molecule has 1 aromatic carbocycles. The summed E-state index contributed by atoms with van der Waals surface area (Å²) in [5.74, 6) is 1.82. The lowest BCUT2D eigenvalue weighted by Crippen LogP contribution is -2.39. The number of carbonyl (C=O) groups excluding carboxylic acids is 1. The Labute approximate surface area is 132 Å². The maximum atomic E-state index is 12.6. The molecule has 1 aliphatic heterocycles. The molecule has 0 radical (unpaired) electrons. The molecule has 2 aromatic rings. The molecule has 2 heterocycles. The highest BCUT2D eigenvalue weighted by Crippen LogP contribution is 2.27. The average Bonchev–Trinajstić information content (AvgIpc) is 3.13. The lowest BCUT2D eigenvalue weighted by Gasteiger charge is -2.18. The number of nitrogens with zero attached hydrogens (tertiary/aromatic N) is 2. The van der Waals surface area contributed by atoms with E-state index in [0.29, 0.717) is 23.7 Å². The van der Waals surface area contributed by atoms with Crippen LogP contribution < -0.4 is 11.2 Å². The third-order valence-corrected chi connectivity index (χ3v) is 4.28. The number of thioether (sulfide) groups is 1. The third kappa shape index (κ3) is 3.09. The highest BCUT2D eigenvalue weighted by molar-refractivity contribution is 7.98. The molecule has 0 atom stereocenters. The fraction of sp³-hybridized carbons (Fsp3) is 0.200. The van der Waals surface area contributed by atoms with Gasteiger partial charge < -0.3 is 10.3 Å². The predicted molar refractivity (Wildman–Crippen MR) is 83.7 cm³/mol. The molecular weight excluding hydrogens is 300 g/mol. The van der Waals surface area contributed by atoms with Gasteiger partial charge in [0.15, 0.2) is 0 Å². The first-order valence-corrected chi connectivity index (χ1v) is 7.80. The van der Waals surface area contributed by atoms with Crippen LogP contribution in [-0.4, -0.2) is 22.6 Å². The summed E-state index contributed by atoms with van der Waals surface area (Å²) in [5, 5.41) is 5.46. The van der Waals surface area contributed by atoms with Gasteiger partial charge in [0.05, 0.1) is 17.8 Å². The minimum absolute atomic E-state index is 0.101. The second kappa shape index (κ2) is 6.15. The van der Waals surface area contributed by atoms with E-state index >= 15 is 0 Å². The summed E-state index contributed by atoms with van der Waals surface area (Å²) in [5.41, 5.74) is 9.99. The van der Waals surface area contributed by atoms with E-state index < -0.39 is 0 Å². The number of aromatic nitrogens is 1. The smallest absolute Gasteiger partial charge is 0.273 e. The van der Waals surface area contributed by atoms with Crippen molar-refractivity contribution in [1.82, 2.24) is 15.6 Å². The SMILES string of the molecule is Cc1cc(CSc2ccccc2C(=O)N2CC=C(N)N2)no1. The number of benzene rings is 1. The summed E-state index contributed by atoms with van der Waals surface area (Å²) < 4.78 is 5.05. The maximum Gasteiger partial charge on any atom is 0.273 e. The highest BCUT2D eigenvalue weighted by atomic mass is 32.2. The van der Waals surface area contributed by atoms with Gasteiger partial charge in [-0.15, -0.1) is 11.8 Å². The van der Waals surface area contributed by atoms with E-state index in [-0.39, 0.29) is 5.91 Å². The summed E-state index contributed by atoms with van der Waals surface area (Å²) in [6.07, 6.45) is 1.77. The zero-order valence-electron chi connectivity index (χ0n) is 12.1. The topological polar surface area (TPSA) is 84.4 Å². The zero-order valence-corrected chi connectivity index (χ0v) is 12.9. The molecule has 3 rings (SSSR count). The van der Waals surface area contributed by atoms with E-state index in [1.807, 2.05) is 37.3 Å². The number of aryl methyl sites for hydroxylation is 1. The Morgan fingerprint density at radius 1 is 1.50 bits per heavy atom. The van der Waals surface area contributed by atoms with Gasteiger partial charge in [-0.1, -0.05) is 17.3 Å². The molecule has 3 N–H and O–H groups in total. The molecule has 22 heavy (non-hydrogen) atoms. The Morgan fingerprint density at radius 2 is 2.32 bits per heavy atom. The molecule has 1 aromatic heterocycles. The number of hydrogen-bond acceptors (Lipinski definition) is 6. The first-order chi connectivity index (χ1) is 10.6. The number of nitrogens with two attached hydrogens (primary N) is 1. The third-order valence-electron chi connectivity index (χ3n) is 3.17. The Morgan fingerprint density at radius 3 is 3.00 bits per heavy atom. The fourth-order valence-electron chi connectivity index (χ4n) is 2.12. The number of rotatable bonds is 4. The molecule has 0 fully saturated rings. The Hall–Kier alpha value is -2.41. The van der Waals surface area contributed by atoms with Crippen LogP contribution in [0.15, 0.2) is 51.6 Å². The first-order valence-electron chi connectivity index (χ1n) is 6.81. The van der Waals surface area contributed by atoms with Gasteiger partial charge >= 0.3 is 0 Å². The normalized spacial score (nSPS) is 13.9. The van der Waals surface area contributed by atoms with Gasteiger partial charge in [0.25, 0.3) is 5.91 Å². The van der Waals surface area contributed by atoms with E-state index in [0.717, 1.165) is 16.3 Å². The highest BCUT2D eigenvalue weighted by Gasteiger charge is 2.21. The van der Waals surface area contributed by atoms with Crippen LogP contribution in [0.25, 0.3) is 0 Å². The summed E-state index contributed by atoms with van der Waals surface area (Å²) in [7, 11) is 0. The van der Waals surface area contributed by atoms with Crippen molar-refractivity contribution in [3.05, 3.63) is 59.2 Å². The predicted octanol–water partition coefficient (Wildman–Crippen LogP) is 2.04. The Kier molecular flexibility index (Phi) is 4.06. The monoisotopic (exact) mass is 316 g/mol. The van der Waals surface area contributed by atoms with Gasteiger partial charge in [-0.2, -0.15) is 0 Å². The average molecular weight is 316 g/mol. The Bertz CT molecular complexity index is 726. The Balaban J connectivity index is 1.73. The summed E-state index contributed by atoms with van der Waals surface area (Å²) >= 11 is 1.56. The molecule has 1 amide bonds. The first kappa shape index (κ1) is 14.5. The van der Waals surface area contributed by atoms with Gasteiger partial charge in [-0.25, -0.2) is 5.01 Å². The van der Waals surface area contributed by atoms with Crippen molar-refractivity contribution in [1.29, 1.82) is 0 Å². The van der Waals surface area contributed by atoms with E-state index in [9.17, 15) is 4.79 Å². The molecular formula is C15H16N4O2S. The molecule has 0 bridgehead atoms. The standard InChI is InChI=1S/C15H16N4O2S/c1-10-8-11(18-21-10)9-22-13-5-3-2-4-12(13)15(20)19-7-6-14(16)17-19/h2-6,8,17H,7,9,16H2,1H3. The lowest BCUT2D eigenvalue weighted by atomic mass is 10.2. The van der Waals surface area contributed by atoms with Crippen LogP contribution in [0.1, 0.15) is 21.8 Å². The molecule has 0 spiro atoms. The number of carbonyl (C=O) groups is 1. The molecule has 6 nitrogen and oxygen atoms in total. The lowest BCUT2D eigenvalue weighted by molar-refractivity contribution is 0.0727. The minimum atomic E-state index is -0.101. The summed E-state index contributed by atoms with van der Waals surface area (Å²) in [6.45, 7) is 2.32. The van der Waals surface area contributed by atoms with Gasteiger partial charge in [-0.3, -0.25) is 10.2 Å². The molecule has 0 saturated carbocycles. The van der Waals surface area contributed by atoms with Gasteiger partial charge in [0.1, 0.15) is 11.6 Å². The summed E-state index contributed by atoms with van der Waals surface area (Å²) in [4.78, 5) is 13.5. The molecule has 0 aliphatic carbocycles. The number of hydrogen-bond donors (Lipinski definition) is 2. The van der Waals surface area contributed by atoms with Crippen LogP contribution in [-0.2, 0) is 5.75 Å². The van der Waals surface area contributed by atoms with E-state index in [1.165, 1.54) is 5.01 Å². The molecule has 7 heteroatoms. The fourth-order valence-corrected chi connectivity index (χ4v) is 3.05. The van der Waals surface area contributed by atoms with Crippen LogP contribution in [0, 0.1) is 6.92 Å². The van der Waals surface area contributed by atoms with Crippen molar-refractivity contribution >= 4 is 17.7 Å². The second-order valence-electron chi connectivity index (χ2n) is 4.90. The number of amides is 1. The minimum Gasteiger partial charge on any atom is -0.384 e. The molecule has 1 aliphatic rings. The van der Waals surface area contributed by atoms with Gasteiger partial charge in [0.2, 0.25) is 0 Å². The summed E-state index contributed by atoms with van der Waals surface area (Å²) in [6, 6.07) is 9.40. The zero-order chi connectivity index (χ0) is 15.5. The van der Waals surface area contributed by atoms with E-state index in [1.54, 1.807) is 17.8 Å². The van der Waals surface area contributed by atoms with Crippen molar-refractivity contribution in [2.24, 2.45) is 5.73 Å². The maximum absolute atomic E-state index is 12.6. The molecule has 114 valence electrons. The van der Waals surface area contributed by atoms with Crippen LogP contribution >= 0.6 is 11.8 Å². The van der Waals surface area contributed by atoms with Crippen molar-refractivity contribution in [3.63, 3.8) is 0 Å². The molecule has 0 saturated heterocycles. The van der Waals surface area contributed by atoms with Crippen molar-refractivity contribution in [2.45, 2.75) is 17.6 Å². The van der Waals surface area contributed by atoms with Crippen LogP contribution in [0.2, 0.25) is 0 Å². The van der Waals surface area contributed by atoms with Gasteiger partial charge in [-0.05, 0) is 25.1 Å². The number of hydrazine groups is 1.